The Bertz CT molecular complexity index is 450. The molecule has 1 N–H and O–H groups in total. The zero-order valence-corrected chi connectivity index (χ0v) is 13.3. The van der Waals surface area contributed by atoms with Crippen molar-refractivity contribution in [2.45, 2.75) is 45.3 Å². The molecule has 1 amide bonds. The van der Waals surface area contributed by atoms with Crippen LogP contribution in [0, 0.1) is 6.92 Å². The van der Waals surface area contributed by atoms with Crippen molar-refractivity contribution in [3.8, 4) is 5.75 Å². The number of amides is 1. The number of piperidine rings is 1. The maximum absolute atomic E-state index is 12.3. The predicted octanol–water partition coefficient (Wildman–Crippen LogP) is 2.36. The molecule has 0 aromatic heterocycles. The van der Waals surface area contributed by atoms with E-state index in [4.69, 9.17) is 4.74 Å². The van der Waals surface area contributed by atoms with Crippen LogP contribution in [0.15, 0.2) is 24.3 Å². The van der Waals surface area contributed by atoms with Gasteiger partial charge in [0.1, 0.15) is 5.75 Å². The number of nitrogens with zero attached hydrogens (tertiary/aromatic N) is 1. The fraction of sp³-hybridized carbons (Fsp3) is 0.588. The Morgan fingerprint density at radius 1 is 1.33 bits per heavy atom. The van der Waals surface area contributed by atoms with Gasteiger partial charge in [0, 0.05) is 6.04 Å². The van der Waals surface area contributed by atoms with Crippen molar-refractivity contribution in [3.05, 3.63) is 29.8 Å². The standard InChI is InChI=1S/C17H26N2O2/c1-4-16(21-15-7-5-13(2)6-8-15)17(20)18-14-9-11-19(3)12-10-14/h5-8,14,16H,4,9-12H2,1-3H3,(H,18,20). The van der Waals surface area contributed by atoms with Gasteiger partial charge < -0.3 is 15.0 Å². The van der Waals surface area contributed by atoms with Gasteiger partial charge in [-0.05, 0) is 58.5 Å². The normalized spacial score (nSPS) is 18.2. The lowest BCUT2D eigenvalue weighted by atomic mass is 10.1. The second kappa shape index (κ2) is 7.46. The van der Waals surface area contributed by atoms with Gasteiger partial charge in [-0.1, -0.05) is 24.6 Å². The van der Waals surface area contributed by atoms with Gasteiger partial charge in [-0.2, -0.15) is 0 Å². The molecule has 1 heterocycles. The predicted molar refractivity (Wildman–Crippen MR) is 84.5 cm³/mol. The van der Waals surface area contributed by atoms with E-state index >= 15 is 0 Å². The highest BCUT2D eigenvalue weighted by Gasteiger charge is 2.23. The highest BCUT2D eigenvalue weighted by molar-refractivity contribution is 5.81. The molecule has 1 unspecified atom stereocenters. The van der Waals surface area contributed by atoms with Crippen molar-refractivity contribution in [1.29, 1.82) is 0 Å². The maximum atomic E-state index is 12.3. The van der Waals surface area contributed by atoms with E-state index in [1.807, 2.05) is 38.1 Å². The quantitative estimate of drug-likeness (QED) is 0.905. The summed E-state index contributed by atoms with van der Waals surface area (Å²) >= 11 is 0. The minimum absolute atomic E-state index is 0.00706. The molecule has 1 atom stereocenters. The lowest BCUT2D eigenvalue weighted by molar-refractivity contribution is -0.129. The second-order valence-electron chi connectivity index (χ2n) is 5.91. The van der Waals surface area contributed by atoms with Crippen LogP contribution >= 0.6 is 0 Å². The topological polar surface area (TPSA) is 41.6 Å². The Kier molecular flexibility index (Phi) is 5.62. The van der Waals surface area contributed by atoms with Gasteiger partial charge in [0.05, 0.1) is 0 Å². The molecule has 0 saturated carbocycles. The summed E-state index contributed by atoms with van der Waals surface area (Å²) in [5.74, 6) is 0.763. The Balaban J connectivity index is 1.87. The van der Waals surface area contributed by atoms with Crippen LogP contribution in [0.2, 0.25) is 0 Å². The summed E-state index contributed by atoms with van der Waals surface area (Å²) in [6, 6.07) is 8.11. The zero-order valence-electron chi connectivity index (χ0n) is 13.3. The Morgan fingerprint density at radius 3 is 2.52 bits per heavy atom. The fourth-order valence-electron chi connectivity index (χ4n) is 2.55. The van der Waals surface area contributed by atoms with Gasteiger partial charge >= 0.3 is 0 Å². The molecule has 116 valence electrons. The van der Waals surface area contributed by atoms with Gasteiger partial charge in [-0.3, -0.25) is 4.79 Å². The summed E-state index contributed by atoms with van der Waals surface area (Å²) in [5.41, 5.74) is 1.19. The number of ether oxygens (including phenoxy) is 1. The van der Waals surface area contributed by atoms with E-state index in [1.54, 1.807) is 0 Å². The number of rotatable bonds is 5. The summed E-state index contributed by atoms with van der Waals surface area (Å²) in [6.45, 7) is 6.10. The number of hydrogen-bond donors (Lipinski definition) is 1. The van der Waals surface area contributed by atoms with Crippen LogP contribution in [0.25, 0.3) is 0 Å². The van der Waals surface area contributed by atoms with E-state index in [0.717, 1.165) is 31.7 Å². The van der Waals surface area contributed by atoms with Crippen LogP contribution in [0.5, 0.6) is 5.75 Å². The van der Waals surface area contributed by atoms with Crippen molar-refractivity contribution in [2.75, 3.05) is 20.1 Å². The first-order chi connectivity index (χ1) is 10.1. The third-order valence-corrected chi connectivity index (χ3v) is 4.03. The van der Waals surface area contributed by atoms with Crippen molar-refractivity contribution in [3.63, 3.8) is 0 Å². The van der Waals surface area contributed by atoms with Gasteiger partial charge in [0.2, 0.25) is 0 Å². The molecule has 1 fully saturated rings. The minimum Gasteiger partial charge on any atom is -0.481 e. The van der Waals surface area contributed by atoms with Gasteiger partial charge in [-0.25, -0.2) is 0 Å². The first-order valence-electron chi connectivity index (χ1n) is 7.80. The average molecular weight is 290 g/mol. The summed E-state index contributed by atoms with van der Waals surface area (Å²) in [7, 11) is 2.12. The molecule has 1 saturated heterocycles. The Labute approximate surface area is 127 Å². The molecule has 2 rings (SSSR count). The van der Waals surface area contributed by atoms with Gasteiger partial charge in [-0.15, -0.1) is 0 Å². The van der Waals surface area contributed by atoms with Crippen molar-refractivity contribution >= 4 is 5.91 Å². The molecule has 4 heteroatoms. The summed E-state index contributed by atoms with van der Waals surface area (Å²) in [6.07, 6.45) is 2.30. The Morgan fingerprint density at radius 2 is 1.95 bits per heavy atom. The molecule has 0 spiro atoms. The molecule has 21 heavy (non-hydrogen) atoms. The fourth-order valence-corrected chi connectivity index (χ4v) is 2.55. The lowest BCUT2D eigenvalue weighted by Gasteiger charge is -2.30. The van der Waals surface area contributed by atoms with Crippen LogP contribution in [0.3, 0.4) is 0 Å². The second-order valence-corrected chi connectivity index (χ2v) is 5.91. The van der Waals surface area contributed by atoms with E-state index in [-0.39, 0.29) is 11.9 Å². The average Bonchev–Trinajstić information content (AvgIpc) is 2.49. The molecular formula is C17H26N2O2. The first-order valence-corrected chi connectivity index (χ1v) is 7.80. The van der Waals surface area contributed by atoms with Crippen LogP contribution in [0.1, 0.15) is 31.7 Å². The largest absolute Gasteiger partial charge is 0.481 e. The highest BCUT2D eigenvalue weighted by atomic mass is 16.5. The van der Waals surface area contributed by atoms with Gasteiger partial charge in [0.25, 0.3) is 5.91 Å². The van der Waals surface area contributed by atoms with E-state index < -0.39 is 6.10 Å². The zero-order chi connectivity index (χ0) is 15.2. The monoisotopic (exact) mass is 290 g/mol. The number of carbonyl (C=O) groups is 1. The number of likely N-dealkylation sites (tertiary alicyclic amines) is 1. The number of hydrogen-bond acceptors (Lipinski definition) is 3. The minimum atomic E-state index is -0.410. The molecule has 0 bridgehead atoms. The lowest BCUT2D eigenvalue weighted by Crippen LogP contribution is -2.47. The summed E-state index contributed by atoms with van der Waals surface area (Å²) < 4.78 is 5.82. The highest BCUT2D eigenvalue weighted by Crippen LogP contribution is 2.15. The van der Waals surface area contributed by atoms with Crippen LogP contribution in [-0.2, 0) is 4.79 Å². The smallest absolute Gasteiger partial charge is 0.261 e. The van der Waals surface area contributed by atoms with Crippen molar-refractivity contribution < 1.29 is 9.53 Å². The van der Waals surface area contributed by atoms with E-state index in [1.165, 1.54) is 5.56 Å². The molecule has 1 aromatic carbocycles. The molecule has 1 aromatic rings. The third kappa shape index (κ3) is 4.74. The SMILES string of the molecule is CCC(Oc1ccc(C)cc1)C(=O)NC1CCN(C)CC1. The molecular weight excluding hydrogens is 264 g/mol. The van der Waals surface area contributed by atoms with E-state index in [0.29, 0.717) is 6.42 Å². The first kappa shape index (κ1) is 15.8. The van der Waals surface area contributed by atoms with Crippen molar-refractivity contribution in [2.24, 2.45) is 0 Å². The van der Waals surface area contributed by atoms with Crippen LogP contribution in [0.4, 0.5) is 0 Å². The summed E-state index contributed by atoms with van der Waals surface area (Å²) in [5, 5.41) is 3.13. The molecule has 1 aliphatic heterocycles. The molecule has 4 nitrogen and oxygen atoms in total. The maximum Gasteiger partial charge on any atom is 0.261 e. The Hall–Kier alpha value is -1.55. The van der Waals surface area contributed by atoms with E-state index in [9.17, 15) is 4.79 Å². The van der Waals surface area contributed by atoms with Gasteiger partial charge in [0.15, 0.2) is 6.10 Å². The van der Waals surface area contributed by atoms with Crippen LogP contribution in [-0.4, -0.2) is 43.1 Å². The number of carbonyl (C=O) groups excluding carboxylic acids is 1. The van der Waals surface area contributed by atoms with Crippen LogP contribution < -0.4 is 10.1 Å². The molecule has 0 aliphatic carbocycles. The third-order valence-electron chi connectivity index (χ3n) is 4.03. The van der Waals surface area contributed by atoms with Crippen molar-refractivity contribution in [1.82, 2.24) is 10.2 Å². The number of aryl methyl sites for hydroxylation is 1. The van der Waals surface area contributed by atoms with E-state index in [2.05, 4.69) is 17.3 Å². The summed E-state index contributed by atoms with van der Waals surface area (Å²) in [4.78, 5) is 14.6. The molecule has 1 aliphatic rings. The molecule has 0 radical (unpaired) electrons. The number of benzene rings is 1. The number of nitrogens with one attached hydrogen (secondary N) is 1.